The Hall–Kier alpha value is -0.120. The molecule has 0 atom stereocenters. The van der Waals surface area contributed by atoms with Gasteiger partial charge in [-0.05, 0) is 38.8 Å². The quantitative estimate of drug-likeness (QED) is 0.108. The minimum atomic E-state index is 0.364. The summed E-state index contributed by atoms with van der Waals surface area (Å²) < 4.78 is 0. The lowest BCUT2D eigenvalue weighted by atomic mass is 10.0. The number of rotatable bonds is 28. The van der Waals surface area contributed by atoms with Crippen LogP contribution in [-0.2, 0) is 0 Å². The molecule has 0 aliphatic carbocycles. The van der Waals surface area contributed by atoms with Crippen molar-refractivity contribution in [3.8, 4) is 0 Å². The molecule has 0 aliphatic heterocycles. The van der Waals surface area contributed by atoms with Gasteiger partial charge in [0.25, 0.3) is 0 Å². The molecule has 0 aromatic rings. The summed E-state index contributed by atoms with van der Waals surface area (Å²) in [5.41, 5.74) is 0. The van der Waals surface area contributed by atoms with Gasteiger partial charge in [0.15, 0.2) is 0 Å². The van der Waals surface area contributed by atoms with E-state index in [4.69, 9.17) is 10.2 Å². The Kier molecular flexibility index (Phi) is 29.8. The molecule has 0 amide bonds. The van der Waals surface area contributed by atoms with E-state index in [0.29, 0.717) is 13.2 Å². The van der Waals surface area contributed by atoms with Crippen LogP contribution in [0.4, 0.5) is 0 Å². The van der Waals surface area contributed by atoms with E-state index in [1.165, 1.54) is 154 Å². The molecule has 3 N–H and O–H groups in total. The molecule has 0 aromatic heterocycles. The summed E-state index contributed by atoms with van der Waals surface area (Å²) in [6, 6.07) is 0. The van der Waals surface area contributed by atoms with Crippen molar-refractivity contribution in [2.75, 3.05) is 26.3 Å². The lowest BCUT2D eigenvalue weighted by Crippen LogP contribution is -2.16. The van der Waals surface area contributed by atoms with Gasteiger partial charge in [0.1, 0.15) is 0 Å². The largest absolute Gasteiger partial charge is 0.396 e. The lowest BCUT2D eigenvalue weighted by Gasteiger charge is -2.06. The van der Waals surface area contributed by atoms with Gasteiger partial charge in [-0.1, -0.05) is 128 Å². The highest BCUT2D eigenvalue weighted by molar-refractivity contribution is 4.53. The van der Waals surface area contributed by atoms with E-state index in [9.17, 15) is 0 Å². The van der Waals surface area contributed by atoms with Crippen LogP contribution in [0.25, 0.3) is 0 Å². The van der Waals surface area contributed by atoms with E-state index in [2.05, 4.69) is 5.32 Å². The van der Waals surface area contributed by atoms with Crippen molar-refractivity contribution in [1.82, 2.24) is 5.32 Å². The molecular formula is C28H59NO2. The first-order valence-electron chi connectivity index (χ1n) is 14.3. The molecule has 3 heteroatoms. The second-order valence-corrected chi connectivity index (χ2v) is 9.68. The van der Waals surface area contributed by atoms with Gasteiger partial charge in [-0.15, -0.1) is 0 Å². The number of hydrogen-bond donors (Lipinski definition) is 3. The highest BCUT2D eigenvalue weighted by atomic mass is 16.3. The molecule has 0 saturated carbocycles. The normalized spacial score (nSPS) is 11.4. The highest BCUT2D eigenvalue weighted by Gasteiger charge is 1.96. The Labute approximate surface area is 196 Å². The lowest BCUT2D eigenvalue weighted by molar-refractivity contribution is 0.282. The number of aliphatic hydroxyl groups excluding tert-OH is 2. The molecule has 0 saturated heterocycles. The molecular weight excluding hydrogens is 382 g/mol. The van der Waals surface area contributed by atoms with E-state index in [1.54, 1.807) is 0 Å². The summed E-state index contributed by atoms with van der Waals surface area (Å²) in [7, 11) is 0. The number of aliphatic hydroxyl groups is 2. The van der Waals surface area contributed by atoms with E-state index in [-0.39, 0.29) is 0 Å². The zero-order valence-electron chi connectivity index (χ0n) is 21.2. The zero-order valence-corrected chi connectivity index (χ0v) is 21.2. The van der Waals surface area contributed by atoms with Crippen LogP contribution in [0.3, 0.4) is 0 Å². The summed E-state index contributed by atoms with van der Waals surface area (Å²) in [4.78, 5) is 0. The SMILES string of the molecule is OCCCCCCCCCCCCCCCCNCCCCCCCCCCCCO. The van der Waals surface area contributed by atoms with Gasteiger partial charge in [-0.2, -0.15) is 0 Å². The Morgan fingerprint density at radius 2 is 0.452 bits per heavy atom. The van der Waals surface area contributed by atoms with Gasteiger partial charge >= 0.3 is 0 Å². The van der Waals surface area contributed by atoms with Gasteiger partial charge in [-0.25, -0.2) is 0 Å². The van der Waals surface area contributed by atoms with E-state index >= 15 is 0 Å². The van der Waals surface area contributed by atoms with Crippen LogP contribution in [0, 0.1) is 0 Å². The predicted octanol–water partition coefficient (Wildman–Crippen LogP) is 7.92. The summed E-state index contributed by atoms with van der Waals surface area (Å²) in [6.07, 6.45) is 32.2. The monoisotopic (exact) mass is 441 g/mol. The fourth-order valence-corrected chi connectivity index (χ4v) is 4.38. The van der Waals surface area contributed by atoms with Crippen molar-refractivity contribution in [2.24, 2.45) is 0 Å². The minimum absolute atomic E-state index is 0.364. The van der Waals surface area contributed by atoms with Crippen LogP contribution in [0.1, 0.15) is 154 Å². The average Bonchev–Trinajstić information content (AvgIpc) is 2.78. The van der Waals surface area contributed by atoms with E-state index in [1.807, 2.05) is 0 Å². The molecule has 0 aromatic carbocycles. The maximum atomic E-state index is 8.75. The van der Waals surface area contributed by atoms with Crippen molar-refractivity contribution >= 4 is 0 Å². The zero-order chi connectivity index (χ0) is 22.5. The molecule has 0 rings (SSSR count). The molecule has 31 heavy (non-hydrogen) atoms. The Bertz CT molecular complexity index is 271. The van der Waals surface area contributed by atoms with Crippen LogP contribution in [0.5, 0.6) is 0 Å². The first-order chi connectivity index (χ1) is 15.4. The third-order valence-electron chi connectivity index (χ3n) is 6.52. The van der Waals surface area contributed by atoms with Gasteiger partial charge in [0.2, 0.25) is 0 Å². The predicted molar refractivity (Wildman–Crippen MR) is 138 cm³/mol. The van der Waals surface area contributed by atoms with Gasteiger partial charge in [0, 0.05) is 13.2 Å². The molecule has 0 unspecified atom stereocenters. The molecule has 188 valence electrons. The fraction of sp³-hybridized carbons (Fsp3) is 1.00. The summed E-state index contributed by atoms with van der Waals surface area (Å²) in [5, 5.41) is 21.1. The maximum Gasteiger partial charge on any atom is 0.0431 e. The van der Waals surface area contributed by atoms with Gasteiger partial charge in [0.05, 0.1) is 0 Å². The van der Waals surface area contributed by atoms with Crippen LogP contribution in [-0.4, -0.2) is 36.5 Å². The van der Waals surface area contributed by atoms with Crippen molar-refractivity contribution in [3.05, 3.63) is 0 Å². The van der Waals surface area contributed by atoms with Crippen molar-refractivity contribution in [1.29, 1.82) is 0 Å². The Morgan fingerprint density at radius 3 is 0.677 bits per heavy atom. The topological polar surface area (TPSA) is 52.5 Å². The summed E-state index contributed by atoms with van der Waals surface area (Å²) in [6.45, 7) is 3.16. The van der Waals surface area contributed by atoms with Gasteiger partial charge in [-0.3, -0.25) is 0 Å². The van der Waals surface area contributed by atoms with Gasteiger partial charge < -0.3 is 15.5 Å². The van der Waals surface area contributed by atoms with E-state index < -0.39 is 0 Å². The third-order valence-corrected chi connectivity index (χ3v) is 6.52. The second-order valence-electron chi connectivity index (χ2n) is 9.68. The average molecular weight is 442 g/mol. The first-order valence-corrected chi connectivity index (χ1v) is 14.3. The molecule has 0 fully saturated rings. The van der Waals surface area contributed by atoms with E-state index in [0.717, 1.165) is 12.8 Å². The number of hydrogen-bond acceptors (Lipinski definition) is 3. The number of unbranched alkanes of at least 4 members (excludes halogenated alkanes) is 22. The van der Waals surface area contributed by atoms with Crippen molar-refractivity contribution in [3.63, 3.8) is 0 Å². The standard InChI is InChI=1S/C28H59NO2/c30-27-23-19-15-11-7-4-2-1-3-5-9-13-17-21-25-29-26-22-18-14-10-6-8-12-16-20-24-28-31/h29-31H,1-28H2. The Balaban J connectivity index is 2.98. The smallest absolute Gasteiger partial charge is 0.0431 e. The third kappa shape index (κ3) is 29.9. The van der Waals surface area contributed by atoms with Crippen LogP contribution in [0.15, 0.2) is 0 Å². The second kappa shape index (κ2) is 29.9. The molecule has 0 radical (unpaired) electrons. The first kappa shape index (κ1) is 30.9. The Morgan fingerprint density at radius 1 is 0.258 bits per heavy atom. The summed E-state index contributed by atoms with van der Waals surface area (Å²) >= 11 is 0. The van der Waals surface area contributed by atoms with Crippen LogP contribution < -0.4 is 5.32 Å². The molecule has 0 aliphatic rings. The fourth-order valence-electron chi connectivity index (χ4n) is 4.38. The highest BCUT2D eigenvalue weighted by Crippen LogP contribution is 2.13. The van der Waals surface area contributed by atoms with Crippen LogP contribution in [0.2, 0.25) is 0 Å². The maximum absolute atomic E-state index is 8.75. The van der Waals surface area contributed by atoms with Crippen molar-refractivity contribution in [2.45, 2.75) is 154 Å². The molecule has 3 nitrogen and oxygen atoms in total. The van der Waals surface area contributed by atoms with Crippen LogP contribution >= 0.6 is 0 Å². The van der Waals surface area contributed by atoms with Crippen molar-refractivity contribution < 1.29 is 10.2 Å². The number of nitrogens with one attached hydrogen (secondary N) is 1. The molecule has 0 spiro atoms. The molecule has 0 heterocycles. The molecule has 0 bridgehead atoms. The minimum Gasteiger partial charge on any atom is -0.396 e. The summed E-state index contributed by atoms with van der Waals surface area (Å²) in [5.74, 6) is 0.